The molecule has 0 amide bonds. The van der Waals surface area contributed by atoms with Crippen LogP contribution in [0.25, 0.3) is 11.0 Å². The fourth-order valence-corrected chi connectivity index (χ4v) is 1.66. The Morgan fingerprint density at radius 3 is 2.71 bits per heavy atom. The van der Waals surface area contributed by atoms with E-state index in [-0.39, 0.29) is 4.75 Å². The average molecular weight is 206 g/mol. The van der Waals surface area contributed by atoms with Gasteiger partial charge in [-0.2, -0.15) is 12.6 Å². The number of imidazole rings is 1. The molecule has 0 atom stereocenters. The summed E-state index contributed by atoms with van der Waals surface area (Å²) in [6.45, 7) is 4.17. The van der Waals surface area contributed by atoms with Crippen LogP contribution in [0.4, 0.5) is 0 Å². The summed E-state index contributed by atoms with van der Waals surface area (Å²) in [6.07, 6.45) is 1.83. The number of aromatic nitrogens is 2. The molecule has 0 aliphatic heterocycles. The molecule has 1 aromatic carbocycles. The number of nitrogens with zero attached hydrogens (tertiary/aromatic N) is 2. The molecule has 0 saturated carbocycles. The van der Waals surface area contributed by atoms with Crippen molar-refractivity contribution in [2.75, 3.05) is 0 Å². The van der Waals surface area contributed by atoms with Crippen LogP contribution in [0.15, 0.2) is 24.5 Å². The molecule has 0 radical (unpaired) electrons. The summed E-state index contributed by atoms with van der Waals surface area (Å²) in [5.41, 5.74) is 3.39. The minimum absolute atomic E-state index is 0.105. The van der Waals surface area contributed by atoms with E-state index in [0.29, 0.717) is 0 Å². The lowest BCUT2D eigenvalue weighted by atomic mass is 10.0. The molecule has 1 aromatic heterocycles. The molecule has 14 heavy (non-hydrogen) atoms. The third kappa shape index (κ3) is 1.52. The Hall–Kier alpha value is -0.960. The van der Waals surface area contributed by atoms with Gasteiger partial charge in [0.05, 0.1) is 17.4 Å². The number of hydrogen-bond donors (Lipinski definition) is 1. The predicted octanol–water partition coefficient (Wildman–Crippen LogP) is 2.74. The summed E-state index contributed by atoms with van der Waals surface area (Å²) in [6, 6.07) is 6.30. The molecule has 3 heteroatoms. The molecule has 0 spiro atoms. The number of hydrogen-bond acceptors (Lipinski definition) is 2. The van der Waals surface area contributed by atoms with Gasteiger partial charge in [0.1, 0.15) is 0 Å². The maximum atomic E-state index is 4.54. The molecule has 0 unspecified atom stereocenters. The van der Waals surface area contributed by atoms with Crippen LogP contribution in [0.3, 0.4) is 0 Å². The van der Waals surface area contributed by atoms with Gasteiger partial charge in [0.2, 0.25) is 0 Å². The molecule has 74 valence electrons. The zero-order valence-electron chi connectivity index (χ0n) is 8.65. The third-order valence-electron chi connectivity index (χ3n) is 2.43. The second-order valence-corrected chi connectivity index (χ2v) is 5.24. The Kier molecular flexibility index (Phi) is 2.07. The van der Waals surface area contributed by atoms with Crippen molar-refractivity contribution in [1.29, 1.82) is 0 Å². The smallest absolute Gasteiger partial charge is 0.0955 e. The Bertz CT molecular complexity index is 466. The van der Waals surface area contributed by atoms with Gasteiger partial charge in [-0.05, 0) is 31.5 Å². The largest absolute Gasteiger partial charge is 0.334 e. The molecule has 2 rings (SSSR count). The monoisotopic (exact) mass is 206 g/mol. The lowest BCUT2D eigenvalue weighted by Gasteiger charge is -2.17. The van der Waals surface area contributed by atoms with Crippen LogP contribution in [0.2, 0.25) is 0 Å². The quantitative estimate of drug-likeness (QED) is 0.710. The van der Waals surface area contributed by atoms with Crippen molar-refractivity contribution in [3.8, 4) is 0 Å². The lowest BCUT2D eigenvalue weighted by molar-refractivity contribution is 0.792. The predicted molar refractivity (Wildman–Crippen MR) is 62.7 cm³/mol. The van der Waals surface area contributed by atoms with Gasteiger partial charge in [0, 0.05) is 11.8 Å². The van der Waals surface area contributed by atoms with E-state index < -0.39 is 0 Å². The number of rotatable bonds is 1. The van der Waals surface area contributed by atoms with Crippen molar-refractivity contribution in [2.45, 2.75) is 18.6 Å². The van der Waals surface area contributed by atoms with Crippen LogP contribution in [0.1, 0.15) is 19.4 Å². The zero-order chi connectivity index (χ0) is 10.3. The van der Waals surface area contributed by atoms with Crippen molar-refractivity contribution in [1.82, 2.24) is 9.55 Å². The molecule has 2 aromatic rings. The van der Waals surface area contributed by atoms with Gasteiger partial charge in [0.25, 0.3) is 0 Å². The summed E-state index contributed by atoms with van der Waals surface area (Å²) in [7, 11) is 2.00. The second-order valence-electron chi connectivity index (χ2n) is 4.12. The number of fused-ring (bicyclic) bond motifs is 1. The van der Waals surface area contributed by atoms with Crippen LogP contribution in [-0.2, 0) is 11.8 Å². The molecule has 0 aliphatic carbocycles. The van der Waals surface area contributed by atoms with Gasteiger partial charge in [-0.15, -0.1) is 0 Å². The van der Waals surface area contributed by atoms with E-state index in [1.54, 1.807) is 0 Å². The molecule has 0 saturated heterocycles. The van der Waals surface area contributed by atoms with Crippen molar-refractivity contribution in [3.05, 3.63) is 30.1 Å². The SMILES string of the molecule is Cn1cnc2cc(C(C)(C)S)ccc21. The molecule has 0 N–H and O–H groups in total. The maximum Gasteiger partial charge on any atom is 0.0955 e. The Morgan fingerprint density at radius 1 is 1.36 bits per heavy atom. The van der Waals surface area contributed by atoms with E-state index in [2.05, 4.69) is 49.7 Å². The average Bonchev–Trinajstić information content (AvgIpc) is 2.46. The van der Waals surface area contributed by atoms with Gasteiger partial charge >= 0.3 is 0 Å². The highest BCUT2D eigenvalue weighted by atomic mass is 32.1. The van der Waals surface area contributed by atoms with E-state index in [4.69, 9.17) is 0 Å². The third-order valence-corrected chi connectivity index (χ3v) is 2.69. The topological polar surface area (TPSA) is 17.8 Å². The Balaban J connectivity index is 2.63. The molecule has 1 heterocycles. The minimum Gasteiger partial charge on any atom is -0.334 e. The van der Waals surface area contributed by atoms with Crippen LogP contribution in [-0.4, -0.2) is 9.55 Å². The normalized spacial score (nSPS) is 12.3. The van der Waals surface area contributed by atoms with Crippen LogP contribution < -0.4 is 0 Å². The van der Waals surface area contributed by atoms with Crippen molar-refractivity contribution < 1.29 is 0 Å². The standard InChI is InChI=1S/C11H14N2S/c1-11(2,14)8-4-5-10-9(6-8)12-7-13(10)3/h4-7,14H,1-3H3. The second kappa shape index (κ2) is 3.02. The highest BCUT2D eigenvalue weighted by molar-refractivity contribution is 7.81. The van der Waals surface area contributed by atoms with Crippen molar-refractivity contribution >= 4 is 23.7 Å². The fraction of sp³-hybridized carbons (Fsp3) is 0.364. The molecular weight excluding hydrogens is 192 g/mol. The Labute approximate surface area is 89.4 Å². The first kappa shape index (κ1) is 9.59. The molecular formula is C11H14N2S. The molecule has 2 nitrogen and oxygen atoms in total. The number of aryl methyl sites for hydroxylation is 1. The number of thiol groups is 1. The van der Waals surface area contributed by atoms with Gasteiger partial charge in [-0.1, -0.05) is 6.07 Å². The molecule has 0 fully saturated rings. The lowest BCUT2D eigenvalue weighted by Crippen LogP contribution is -2.07. The van der Waals surface area contributed by atoms with E-state index in [0.717, 1.165) is 11.0 Å². The maximum absolute atomic E-state index is 4.54. The fourth-order valence-electron chi connectivity index (χ4n) is 1.52. The zero-order valence-corrected chi connectivity index (χ0v) is 9.55. The summed E-state index contributed by atoms with van der Waals surface area (Å²) < 4.78 is 1.91. The molecule has 0 aliphatic rings. The summed E-state index contributed by atoms with van der Waals surface area (Å²) >= 11 is 4.54. The minimum atomic E-state index is -0.105. The summed E-state index contributed by atoms with van der Waals surface area (Å²) in [4.78, 5) is 4.32. The first-order valence-electron chi connectivity index (χ1n) is 4.62. The summed E-state index contributed by atoms with van der Waals surface area (Å²) in [5.74, 6) is 0. The van der Waals surface area contributed by atoms with E-state index in [1.165, 1.54) is 5.56 Å². The molecule has 0 bridgehead atoms. The van der Waals surface area contributed by atoms with Crippen molar-refractivity contribution in [3.63, 3.8) is 0 Å². The van der Waals surface area contributed by atoms with E-state index in [9.17, 15) is 0 Å². The van der Waals surface area contributed by atoms with Gasteiger partial charge < -0.3 is 4.57 Å². The first-order valence-corrected chi connectivity index (χ1v) is 5.07. The van der Waals surface area contributed by atoms with E-state index in [1.807, 2.05) is 17.9 Å². The van der Waals surface area contributed by atoms with Crippen LogP contribution in [0.5, 0.6) is 0 Å². The van der Waals surface area contributed by atoms with Crippen LogP contribution >= 0.6 is 12.6 Å². The van der Waals surface area contributed by atoms with Gasteiger partial charge in [-0.3, -0.25) is 0 Å². The number of benzene rings is 1. The van der Waals surface area contributed by atoms with E-state index >= 15 is 0 Å². The Morgan fingerprint density at radius 2 is 2.07 bits per heavy atom. The van der Waals surface area contributed by atoms with Gasteiger partial charge in [0.15, 0.2) is 0 Å². The highest BCUT2D eigenvalue weighted by Gasteiger charge is 2.15. The van der Waals surface area contributed by atoms with Crippen molar-refractivity contribution in [2.24, 2.45) is 7.05 Å². The highest BCUT2D eigenvalue weighted by Crippen LogP contribution is 2.28. The van der Waals surface area contributed by atoms with Gasteiger partial charge in [-0.25, -0.2) is 4.98 Å². The summed E-state index contributed by atoms with van der Waals surface area (Å²) in [5, 5.41) is 0. The first-order chi connectivity index (χ1) is 6.48. The van der Waals surface area contributed by atoms with Crippen LogP contribution in [0, 0.1) is 0 Å².